The van der Waals surface area contributed by atoms with E-state index in [4.69, 9.17) is 11.6 Å². The molecule has 28 heavy (non-hydrogen) atoms. The highest BCUT2D eigenvalue weighted by atomic mass is 35.5. The minimum atomic E-state index is 0.591. The number of rotatable bonds is 8. The molecule has 0 radical (unpaired) electrons. The quantitative estimate of drug-likeness (QED) is 0.542. The van der Waals surface area contributed by atoms with E-state index in [1.54, 1.807) is 12.4 Å². The molecule has 146 valence electrons. The summed E-state index contributed by atoms with van der Waals surface area (Å²) < 4.78 is 0. The highest BCUT2D eigenvalue weighted by Crippen LogP contribution is 2.25. The van der Waals surface area contributed by atoms with Crippen LogP contribution in [0.2, 0.25) is 5.02 Å². The molecular weight excluding hydrogens is 372 g/mol. The van der Waals surface area contributed by atoms with Gasteiger partial charge in [0.15, 0.2) is 0 Å². The van der Waals surface area contributed by atoms with Crippen LogP contribution < -0.4 is 10.6 Å². The van der Waals surface area contributed by atoms with Crippen molar-refractivity contribution >= 4 is 29.1 Å². The van der Waals surface area contributed by atoms with E-state index in [2.05, 4.69) is 44.6 Å². The summed E-state index contributed by atoms with van der Waals surface area (Å²) in [6.45, 7) is 3.78. The molecule has 2 heterocycles. The zero-order valence-corrected chi connectivity index (χ0v) is 17.2. The van der Waals surface area contributed by atoms with E-state index in [1.165, 1.54) is 0 Å². The van der Waals surface area contributed by atoms with Crippen LogP contribution in [0.1, 0.15) is 12.0 Å². The van der Waals surface area contributed by atoms with E-state index in [0.717, 1.165) is 47.0 Å². The molecule has 0 aliphatic rings. The fourth-order valence-corrected chi connectivity index (χ4v) is 2.84. The van der Waals surface area contributed by atoms with Crippen LogP contribution in [0.5, 0.6) is 0 Å². The molecule has 0 fully saturated rings. The zero-order valence-electron chi connectivity index (χ0n) is 16.4. The number of nitrogens with zero attached hydrogens (tertiary/aromatic N) is 4. The van der Waals surface area contributed by atoms with E-state index in [9.17, 15) is 0 Å². The van der Waals surface area contributed by atoms with Crippen LogP contribution >= 0.6 is 11.6 Å². The molecule has 0 aliphatic carbocycles. The molecule has 1 aromatic carbocycles. The molecule has 7 heteroatoms. The van der Waals surface area contributed by atoms with Gasteiger partial charge in [0.05, 0.1) is 5.69 Å². The maximum absolute atomic E-state index is 6.13. The van der Waals surface area contributed by atoms with Gasteiger partial charge >= 0.3 is 0 Å². The molecule has 0 aliphatic heterocycles. The van der Waals surface area contributed by atoms with Crippen molar-refractivity contribution in [1.29, 1.82) is 0 Å². The monoisotopic (exact) mass is 396 g/mol. The van der Waals surface area contributed by atoms with Crippen molar-refractivity contribution in [3.63, 3.8) is 0 Å². The van der Waals surface area contributed by atoms with Gasteiger partial charge in [0.1, 0.15) is 5.82 Å². The topological polar surface area (TPSA) is 66.0 Å². The van der Waals surface area contributed by atoms with Crippen molar-refractivity contribution in [2.24, 2.45) is 0 Å². The normalized spacial score (nSPS) is 10.9. The molecule has 0 saturated heterocycles. The van der Waals surface area contributed by atoms with E-state index < -0.39 is 0 Å². The number of anilines is 3. The predicted molar refractivity (Wildman–Crippen MR) is 116 cm³/mol. The van der Waals surface area contributed by atoms with Crippen LogP contribution in [0.4, 0.5) is 17.5 Å². The molecule has 6 nitrogen and oxygen atoms in total. The van der Waals surface area contributed by atoms with E-state index in [-0.39, 0.29) is 0 Å². The Morgan fingerprint density at radius 1 is 1.11 bits per heavy atom. The van der Waals surface area contributed by atoms with E-state index >= 15 is 0 Å². The van der Waals surface area contributed by atoms with Gasteiger partial charge in [-0.1, -0.05) is 11.6 Å². The number of nitrogens with one attached hydrogen (secondary N) is 2. The number of pyridine rings is 1. The molecule has 0 spiro atoms. The van der Waals surface area contributed by atoms with Gasteiger partial charge in [0.25, 0.3) is 0 Å². The third kappa shape index (κ3) is 5.65. The molecule has 2 N–H and O–H groups in total. The van der Waals surface area contributed by atoms with Crippen LogP contribution in [0.3, 0.4) is 0 Å². The van der Waals surface area contributed by atoms with Gasteiger partial charge in [-0.25, -0.2) is 4.98 Å². The average molecular weight is 397 g/mol. The minimum Gasteiger partial charge on any atom is -0.354 e. The first kappa shape index (κ1) is 20.0. The summed E-state index contributed by atoms with van der Waals surface area (Å²) in [6.07, 6.45) is 4.56. The lowest BCUT2D eigenvalue weighted by Gasteiger charge is -2.13. The highest BCUT2D eigenvalue weighted by molar-refractivity contribution is 6.31. The second-order valence-corrected chi connectivity index (χ2v) is 7.28. The van der Waals surface area contributed by atoms with Crippen LogP contribution in [0.15, 0.2) is 48.8 Å². The number of hydrogen-bond acceptors (Lipinski definition) is 6. The van der Waals surface area contributed by atoms with Gasteiger partial charge in [-0.3, -0.25) is 4.98 Å². The first-order valence-electron chi connectivity index (χ1n) is 9.22. The molecule has 0 atom stereocenters. The highest BCUT2D eigenvalue weighted by Gasteiger charge is 2.08. The van der Waals surface area contributed by atoms with Gasteiger partial charge < -0.3 is 15.5 Å². The Labute approximate surface area is 171 Å². The Morgan fingerprint density at radius 3 is 2.68 bits per heavy atom. The molecular formula is C21H25ClN6. The van der Waals surface area contributed by atoms with Crippen LogP contribution in [0, 0.1) is 6.92 Å². The summed E-state index contributed by atoms with van der Waals surface area (Å²) in [5.74, 6) is 1.30. The lowest BCUT2D eigenvalue weighted by atomic mass is 10.2. The Kier molecular flexibility index (Phi) is 6.79. The van der Waals surface area contributed by atoms with E-state index in [1.807, 2.05) is 43.3 Å². The average Bonchev–Trinajstić information content (AvgIpc) is 2.68. The molecule has 0 bridgehead atoms. The maximum Gasteiger partial charge on any atom is 0.225 e. The van der Waals surface area contributed by atoms with Crippen molar-refractivity contribution in [2.45, 2.75) is 13.3 Å². The van der Waals surface area contributed by atoms with Gasteiger partial charge in [-0.2, -0.15) is 4.98 Å². The summed E-state index contributed by atoms with van der Waals surface area (Å²) >= 11 is 6.13. The standard InChI is InChI=1S/C21H25ClN6/c1-15-12-17(7-8-18(15)22)25-20-13-19(16-6-4-9-23-14-16)26-21(27-20)24-10-5-11-28(2)3/h4,6-9,12-14H,5,10-11H2,1-3H3,(H2,24,25,26,27). The second-order valence-electron chi connectivity index (χ2n) is 6.88. The van der Waals surface area contributed by atoms with Crippen molar-refractivity contribution in [3.05, 3.63) is 59.4 Å². The Morgan fingerprint density at radius 2 is 1.96 bits per heavy atom. The van der Waals surface area contributed by atoms with E-state index in [0.29, 0.717) is 11.8 Å². The maximum atomic E-state index is 6.13. The Bertz CT molecular complexity index is 914. The summed E-state index contributed by atoms with van der Waals surface area (Å²) in [5, 5.41) is 7.42. The zero-order chi connectivity index (χ0) is 19.9. The molecule has 2 aromatic heterocycles. The molecule has 0 saturated carbocycles. The molecule has 0 unspecified atom stereocenters. The van der Waals surface area contributed by atoms with Gasteiger partial charge in [0.2, 0.25) is 5.95 Å². The second kappa shape index (κ2) is 9.48. The fourth-order valence-electron chi connectivity index (χ4n) is 2.72. The fraction of sp³-hybridized carbons (Fsp3) is 0.286. The van der Waals surface area contributed by atoms with Gasteiger partial charge in [-0.15, -0.1) is 0 Å². The number of aryl methyl sites for hydroxylation is 1. The molecule has 3 rings (SSSR count). The third-order valence-corrected chi connectivity index (χ3v) is 4.60. The number of aromatic nitrogens is 3. The van der Waals surface area contributed by atoms with Crippen molar-refractivity contribution in [3.8, 4) is 11.3 Å². The van der Waals surface area contributed by atoms with Crippen LogP contribution in [0.25, 0.3) is 11.3 Å². The SMILES string of the molecule is Cc1cc(Nc2cc(-c3cccnc3)nc(NCCCN(C)C)n2)ccc1Cl. The lowest BCUT2D eigenvalue weighted by Crippen LogP contribution is -2.17. The first-order chi connectivity index (χ1) is 13.5. The molecule has 3 aromatic rings. The third-order valence-electron chi connectivity index (χ3n) is 4.18. The van der Waals surface area contributed by atoms with Crippen molar-refractivity contribution < 1.29 is 0 Å². The molecule has 0 amide bonds. The number of halogens is 1. The van der Waals surface area contributed by atoms with Crippen molar-refractivity contribution in [1.82, 2.24) is 19.9 Å². The van der Waals surface area contributed by atoms with Crippen molar-refractivity contribution in [2.75, 3.05) is 37.8 Å². The van der Waals surface area contributed by atoms with Crippen LogP contribution in [-0.2, 0) is 0 Å². The van der Waals surface area contributed by atoms with Gasteiger partial charge in [-0.05, 0) is 69.9 Å². The summed E-state index contributed by atoms with van der Waals surface area (Å²) in [5.41, 5.74) is 3.69. The predicted octanol–water partition coefficient (Wildman–Crippen LogP) is 4.61. The summed E-state index contributed by atoms with van der Waals surface area (Å²) in [4.78, 5) is 15.6. The smallest absolute Gasteiger partial charge is 0.225 e. The number of hydrogen-bond donors (Lipinski definition) is 2. The summed E-state index contributed by atoms with van der Waals surface area (Å²) in [7, 11) is 4.13. The Balaban J connectivity index is 1.85. The Hall–Kier alpha value is -2.70. The van der Waals surface area contributed by atoms with Crippen LogP contribution in [-0.4, -0.2) is 47.0 Å². The minimum absolute atomic E-state index is 0.591. The lowest BCUT2D eigenvalue weighted by molar-refractivity contribution is 0.405. The summed E-state index contributed by atoms with van der Waals surface area (Å²) in [6, 6.07) is 11.6. The number of benzene rings is 1. The largest absolute Gasteiger partial charge is 0.354 e. The first-order valence-corrected chi connectivity index (χ1v) is 9.60. The van der Waals surface area contributed by atoms with Gasteiger partial charge in [0, 0.05) is 41.3 Å².